The van der Waals surface area contributed by atoms with Crippen LogP contribution in [0.15, 0.2) is 36.4 Å². The van der Waals surface area contributed by atoms with Crippen LogP contribution in [0.1, 0.15) is 12.0 Å². The number of halogens is 1. The summed E-state index contributed by atoms with van der Waals surface area (Å²) in [7, 11) is 3.17. The average Bonchev–Trinajstić information content (AvgIpc) is 2.64. The topological polar surface area (TPSA) is 48.0 Å². The highest BCUT2D eigenvalue weighted by Crippen LogP contribution is 2.38. The third kappa shape index (κ3) is 3.68. The molecule has 0 unspecified atom stereocenters. The maximum absolute atomic E-state index is 13.2. The fourth-order valence-electron chi connectivity index (χ4n) is 2.97. The molecule has 1 aliphatic heterocycles. The lowest BCUT2D eigenvalue weighted by Crippen LogP contribution is -2.38. The van der Waals surface area contributed by atoms with Crippen molar-refractivity contribution < 1.29 is 23.4 Å². The molecule has 0 fully saturated rings. The van der Waals surface area contributed by atoms with E-state index in [1.807, 2.05) is 12.1 Å². The molecule has 0 aliphatic carbocycles. The van der Waals surface area contributed by atoms with Gasteiger partial charge in [0, 0.05) is 30.3 Å². The Labute approximate surface area is 145 Å². The maximum Gasteiger partial charge on any atom is 0.264 e. The van der Waals surface area contributed by atoms with Gasteiger partial charge < -0.3 is 19.1 Å². The molecule has 0 spiro atoms. The van der Waals surface area contributed by atoms with Crippen LogP contribution in [0.2, 0.25) is 0 Å². The van der Waals surface area contributed by atoms with Crippen molar-refractivity contribution in [3.05, 3.63) is 47.8 Å². The summed E-state index contributed by atoms with van der Waals surface area (Å²) in [4.78, 5) is 14.3. The van der Waals surface area contributed by atoms with Crippen molar-refractivity contribution in [1.29, 1.82) is 0 Å². The third-order valence-electron chi connectivity index (χ3n) is 4.17. The molecule has 2 aromatic carbocycles. The number of carbonyl (C=O) groups is 1. The van der Waals surface area contributed by atoms with Crippen molar-refractivity contribution in [2.45, 2.75) is 12.8 Å². The molecule has 0 aromatic heterocycles. The Morgan fingerprint density at radius 3 is 2.72 bits per heavy atom. The van der Waals surface area contributed by atoms with Crippen LogP contribution in [0.25, 0.3) is 0 Å². The molecule has 0 atom stereocenters. The number of nitrogens with zero attached hydrogens (tertiary/aromatic N) is 1. The number of benzene rings is 2. The summed E-state index contributed by atoms with van der Waals surface area (Å²) >= 11 is 0. The Kier molecular flexibility index (Phi) is 5.07. The van der Waals surface area contributed by atoms with Gasteiger partial charge in [-0.1, -0.05) is 6.07 Å². The first-order chi connectivity index (χ1) is 12.1. The Morgan fingerprint density at radius 2 is 2.00 bits per heavy atom. The molecule has 1 heterocycles. The maximum atomic E-state index is 13.2. The third-order valence-corrected chi connectivity index (χ3v) is 4.17. The van der Waals surface area contributed by atoms with Gasteiger partial charge in [-0.2, -0.15) is 0 Å². The minimum Gasteiger partial charge on any atom is -0.497 e. The molecular formula is C19H20FNO4. The van der Waals surface area contributed by atoms with E-state index in [0.29, 0.717) is 23.8 Å². The second-order valence-corrected chi connectivity index (χ2v) is 5.72. The van der Waals surface area contributed by atoms with E-state index < -0.39 is 5.82 Å². The highest BCUT2D eigenvalue weighted by atomic mass is 19.1. The summed E-state index contributed by atoms with van der Waals surface area (Å²) < 4.78 is 29.4. The molecule has 0 N–H and O–H groups in total. The fraction of sp³-hybridized carbons (Fsp3) is 0.316. The monoisotopic (exact) mass is 345 g/mol. The van der Waals surface area contributed by atoms with E-state index in [0.717, 1.165) is 24.1 Å². The Balaban J connectivity index is 1.81. The molecule has 5 nitrogen and oxygen atoms in total. The van der Waals surface area contributed by atoms with Crippen LogP contribution >= 0.6 is 0 Å². The van der Waals surface area contributed by atoms with Crippen molar-refractivity contribution in [2.75, 3.05) is 32.3 Å². The van der Waals surface area contributed by atoms with Crippen molar-refractivity contribution in [3.8, 4) is 17.2 Å². The number of hydrogen-bond donors (Lipinski definition) is 0. The molecule has 1 aliphatic rings. The molecule has 1 amide bonds. The van der Waals surface area contributed by atoms with Gasteiger partial charge in [0.25, 0.3) is 5.91 Å². The number of rotatable bonds is 5. The van der Waals surface area contributed by atoms with E-state index in [1.165, 1.54) is 12.1 Å². The number of anilines is 1. The molecular weight excluding hydrogens is 325 g/mol. The lowest BCUT2D eigenvalue weighted by atomic mass is 10.00. The number of ether oxygens (including phenoxy) is 3. The number of fused-ring (bicyclic) bond motifs is 1. The van der Waals surface area contributed by atoms with Crippen LogP contribution in [0.4, 0.5) is 10.1 Å². The molecule has 6 heteroatoms. The van der Waals surface area contributed by atoms with Crippen molar-refractivity contribution in [2.24, 2.45) is 0 Å². The zero-order valence-corrected chi connectivity index (χ0v) is 14.3. The van der Waals surface area contributed by atoms with Gasteiger partial charge in [0.15, 0.2) is 6.61 Å². The van der Waals surface area contributed by atoms with E-state index in [2.05, 4.69) is 0 Å². The summed E-state index contributed by atoms with van der Waals surface area (Å²) in [6.07, 6.45) is 1.67. The van der Waals surface area contributed by atoms with E-state index in [1.54, 1.807) is 31.3 Å². The molecule has 132 valence electrons. The van der Waals surface area contributed by atoms with Gasteiger partial charge in [0.05, 0.1) is 19.9 Å². The molecule has 0 saturated carbocycles. The lowest BCUT2D eigenvalue weighted by molar-refractivity contribution is -0.120. The summed E-state index contributed by atoms with van der Waals surface area (Å²) in [5, 5.41) is 0. The van der Waals surface area contributed by atoms with Crippen LogP contribution in [0.3, 0.4) is 0 Å². The largest absolute Gasteiger partial charge is 0.497 e. The first-order valence-electron chi connectivity index (χ1n) is 8.06. The van der Waals surface area contributed by atoms with Crippen LogP contribution in [0.5, 0.6) is 17.2 Å². The van der Waals surface area contributed by atoms with Crippen LogP contribution in [-0.4, -0.2) is 33.3 Å². The number of methoxy groups -OCH3 is 2. The standard InChI is InChI=1S/C19H20FNO4/c1-23-15-10-17-16(18(11-15)24-2)7-4-8-21(17)19(22)12-25-14-6-3-5-13(20)9-14/h3,5-6,9-11H,4,7-8,12H2,1-2H3. The second-order valence-electron chi connectivity index (χ2n) is 5.72. The molecule has 0 bridgehead atoms. The first kappa shape index (κ1) is 17.1. The van der Waals surface area contributed by atoms with E-state index in [-0.39, 0.29) is 12.5 Å². The summed E-state index contributed by atoms with van der Waals surface area (Å²) in [6, 6.07) is 9.39. The Bertz CT molecular complexity index is 778. The van der Waals surface area contributed by atoms with Crippen molar-refractivity contribution in [3.63, 3.8) is 0 Å². The fourth-order valence-corrected chi connectivity index (χ4v) is 2.97. The molecule has 0 saturated heterocycles. The van der Waals surface area contributed by atoms with Crippen LogP contribution in [-0.2, 0) is 11.2 Å². The minimum absolute atomic E-state index is 0.164. The van der Waals surface area contributed by atoms with E-state index in [9.17, 15) is 9.18 Å². The van der Waals surface area contributed by atoms with E-state index in [4.69, 9.17) is 14.2 Å². The van der Waals surface area contributed by atoms with Gasteiger partial charge in [-0.05, 0) is 25.0 Å². The molecule has 25 heavy (non-hydrogen) atoms. The van der Waals surface area contributed by atoms with Gasteiger partial charge in [0.2, 0.25) is 0 Å². The number of amides is 1. The van der Waals surface area contributed by atoms with Gasteiger partial charge in [-0.3, -0.25) is 4.79 Å². The van der Waals surface area contributed by atoms with Gasteiger partial charge in [-0.15, -0.1) is 0 Å². The molecule has 2 aromatic rings. The highest BCUT2D eigenvalue weighted by Gasteiger charge is 2.26. The normalized spacial score (nSPS) is 13.2. The zero-order chi connectivity index (χ0) is 17.8. The quantitative estimate of drug-likeness (QED) is 0.835. The SMILES string of the molecule is COc1cc(OC)c2c(c1)N(C(=O)COc1cccc(F)c1)CCC2. The lowest BCUT2D eigenvalue weighted by Gasteiger charge is -2.31. The summed E-state index contributed by atoms with van der Waals surface area (Å²) in [6.45, 7) is 0.428. The average molecular weight is 345 g/mol. The van der Waals surface area contributed by atoms with Crippen LogP contribution < -0.4 is 19.1 Å². The Hall–Kier alpha value is -2.76. The number of hydrogen-bond acceptors (Lipinski definition) is 4. The van der Waals surface area contributed by atoms with Crippen LogP contribution in [0, 0.1) is 5.82 Å². The van der Waals surface area contributed by atoms with Gasteiger partial charge >= 0.3 is 0 Å². The minimum atomic E-state index is -0.400. The van der Waals surface area contributed by atoms with Crippen molar-refractivity contribution in [1.82, 2.24) is 0 Å². The first-order valence-corrected chi connectivity index (χ1v) is 8.06. The zero-order valence-electron chi connectivity index (χ0n) is 14.3. The molecule has 0 radical (unpaired) electrons. The predicted octanol–water partition coefficient (Wildman–Crippen LogP) is 3.20. The molecule has 3 rings (SSSR count). The van der Waals surface area contributed by atoms with Crippen molar-refractivity contribution >= 4 is 11.6 Å². The van der Waals surface area contributed by atoms with Gasteiger partial charge in [-0.25, -0.2) is 4.39 Å². The van der Waals surface area contributed by atoms with Gasteiger partial charge in [0.1, 0.15) is 23.1 Å². The second kappa shape index (κ2) is 7.42. The summed E-state index contributed by atoms with van der Waals surface area (Å²) in [5.41, 5.74) is 1.75. The Morgan fingerprint density at radius 1 is 1.16 bits per heavy atom. The summed E-state index contributed by atoms with van der Waals surface area (Å²) in [5.74, 6) is 1.07. The predicted molar refractivity (Wildman–Crippen MR) is 92.1 cm³/mol. The smallest absolute Gasteiger partial charge is 0.264 e. The van der Waals surface area contributed by atoms with E-state index >= 15 is 0 Å². The highest BCUT2D eigenvalue weighted by molar-refractivity contribution is 5.96. The number of carbonyl (C=O) groups excluding carboxylic acids is 1.